The fraction of sp³-hybridized carbons (Fsp3) is 0.417. The molecule has 3 N–H and O–H groups in total. The molecule has 0 bridgehead atoms. The zero-order valence-electron chi connectivity index (χ0n) is 9.49. The molecule has 0 radical (unpaired) electrons. The highest BCUT2D eigenvalue weighted by atomic mass is 16.5. The first-order valence-corrected chi connectivity index (χ1v) is 5.36. The molecule has 2 rings (SSSR count). The second kappa shape index (κ2) is 4.04. The van der Waals surface area contributed by atoms with Gasteiger partial charge in [0.25, 0.3) is 0 Å². The molecular formula is C12H16N2O2. The van der Waals surface area contributed by atoms with E-state index in [9.17, 15) is 4.79 Å². The Labute approximate surface area is 94.8 Å². The highest BCUT2D eigenvalue weighted by molar-refractivity contribution is 5.92. The highest BCUT2D eigenvalue weighted by Gasteiger charge is 2.32. The van der Waals surface area contributed by atoms with Gasteiger partial charge in [-0.1, -0.05) is 6.92 Å². The predicted octanol–water partition coefficient (Wildman–Crippen LogP) is 1.88. The van der Waals surface area contributed by atoms with Gasteiger partial charge in [0, 0.05) is 6.04 Å². The minimum Gasteiger partial charge on any atom is -0.465 e. The first-order valence-electron chi connectivity index (χ1n) is 5.36. The Balaban J connectivity index is 2.19. The average Bonchev–Trinajstić information content (AvgIpc) is 2.96. The fourth-order valence-electron chi connectivity index (χ4n) is 1.65. The molecule has 4 nitrogen and oxygen atoms in total. The number of carbonyl (C=O) groups is 1. The third-order valence-electron chi connectivity index (χ3n) is 2.92. The second-order valence-corrected chi connectivity index (χ2v) is 4.26. The van der Waals surface area contributed by atoms with Crippen molar-refractivity contribution >= 4 is 17.3 Å². The lowest BCUT2D eigenvalue weighted by Crippen LogP contribution is -2.08. The Hall–Kier alpha value is -1.71. The summed E-state index contributed by atoms with van der Waals surface area (Å²) in [7, 11) is 1.37. The zero-order valence-corrected chi connectivity index (χ0v) is 9.49. The summed E-state index contributed by atoms with van der Waals surface area (Å²) in [5.74, 6) is 0.341. The van der Waals surface area contributed by atoms with Crippen molar-refractivity contribution in [2.24, 2.45) is 5.92 Å². The van der Waals surface area contributed by atoms with E-state index in [0.29, 0.717) is 23.2 Å². The standard InChI is InChI=1S/C12H16N2O2/c1-7-5-10(7)14-11-6-8(12(15)16-2)3-4-9(11)13/h3-4,6-7,10,14H,5,13H2,1-2H3. The zero-order chi connectivity index (χ0) is 11.7. The smallest absolute Gasteiger partial charge is 0.337 e. The molecule has 1 saturated carbocycles. The van der Waals surface area contributed by atoms with Gasteiger partial charge in [0.2, 0.25) is 0 Å². The van der Waals surface area contributed by atoms with Crippen molar-refractivity contribution in [3.8, 4) is 0 Å². The van der Waals surface area contributed by atoms with Crippen LogP contribution in [0.4, 0.5) is 11.4 Å². The van der Waals surface area contributed by atoms with Crippen molar-refractivity contribution < 1.29 is 9.53 Å². The van der Waals surface area contributed by atoms with Gasteiger partial charge in [-0.25, -0.2) is 4.79 Å². The van der Waals surface area contributed by atoms with Crippen molar-refractivity contribution in [1.82, 2.24) is 0 Å². The predicted molar refractivity (Wildman–Crippen MR) is 63.4 cm³/mol. The van der Waals surface area contributed by atoms with Crippen molar-refractivity contribution in [1.29, 1.82) is 0 Å². The summed E-state index contributed by atoms with van der Waals surface area (Å²) in [6.45, 7) is 2.18. The molecule has 86 valence electrons. The van der Waals surface area contributed by atoms with Crippen LogP contribution in [0.2, 0.25) is 0 Å². The van der Waals surface area contributed by atoms with E-state index in [1.54, 1.807) is 18.2 Å². The molecule has 1 aliphatic rings. The van der Waals surface area contributed by atoms with Gasteiger partial charge in [0.1, 0.15) is 0 Å². The van der Waals surface area contributed by atoms with Gasteiger partial charge in [-0.05, 0) is 30.5 Å². The molecule has 0 aromatic heterocycles. The maximum Gasteiger partial charge on any atom is 0.337 e. The Morgan fingerprint density at radius 2 is 2.25 bits per heavy atom. The molecule has 0 heterocycles. The van der Waals surface area contributed by atoms with Crippen molar-refractivity contribution in [2.45, 2.75) is 19.4 Å². The van der Waals surface area contributed by atoms with Crippen LogP contribution < -0.4 is 11.1 Å². The van der Waals surface area contributed by atoms with Gasteiger partial charge in [-0.15, -0.1) is 0 Å². The normalized spacial score (nSPS) is 22.6. The highest BCUT2D eigenvalue weighted by Crippen LogP contribution is 2.34. The Morgan fingerprint density at radius 1 is 1.56 bits per heavy atom. The summed E-state index contributed by atoms with van der Waals surface area (Å²) >= 11 is 0. The minimum absolute atomic E-state index is 0.341. The SMILES string of the molecule is COC(=O)c1ccc(N)c(NC2CC2C)c1. The lowest BCUT2D eigenvalue weighted by atomic mass is 10.1. The number of esters is 1. The third kappa shape index (κ3) is 2.10. The molecule has 1 fully saturated rings. The molecule has 1 aromatic carbocycles. The number of ether oxygens (including phenoxy) is 1. The lowest BCUT2D eigenvalue weighted by Gasteiger charge is -2.10. The van der Waals surface area contributed by atoms with Crippen LogP contribution in [0.25, 0.3) is 0 Å². The number of nitrogens with two attached hydrogens (primary N) is 1. The van der Waals surface area contributed by atoms with Crippen LogP contribution in [0.5, 0.6) is 0 Å². The molecular weight excluding hydrogens is 204 g/mol. The van der Waals surface area contributed by atoms with Gasteiger partial charge >= 0.3 is 5.97 Å². The van der Waals surface area contributed by atoms with E-state index in [2.05, 4.69) is 17.0 Å². The van der Waals surface area contributed by atoms with Crippen LogP contribution in [0.1, 0.15) is 23.7 Å². The van der Waals surface area contributed by atoms with E-state index in [0.717, 1.165) is 12.1 Å². The van der Waals surface area contributed by atoms with Crippen LogP contribution in [-0.4, -0.2) is 19.1 Å². The van der Waals surface area contributed by atoms with E-state index < -0.39 is 0 Å². The number of nitrogen functional groups attached to an aromatic ring is 1. The second-order valence-electron chi connectivity index (χ2n) is 4.26. The van der Waals surface area contributed by atoms with E-state index in [1.165, 1.54) is 7.11 Å². The van der Waals surface area contributed by atoms with Crippen molar-refractivity contribution in [2.75, 3.05) is 18.2 Å². The number of benzene rings is 1. The molecule has 0 spiro atoms. The number of hydrogen-bond acceptors (Lipinski definition) is 4. The Kier molecular flexibility index (Phi) is 2.73. The Bertz CT molecular complexity index is 417. The summed E-state index contributed by atoms with van der Waals surface area (Å²) in [4.78, 5) is 11.4. The fourth-order valence-corrected chi connectivity index (χ4v) is 1.65. The number of methoxy groups -OCH3 is 1. The first kappa shape index (κ1) is 10.8. The molecule has 1 aromatic rings. The lowest BCUT2D eigenvalue weighted by molar-refractivity contribution is 0.0601. The van der Waals surface area contributed by atoms with E-state index >= 15 is 0 Å². The number of nitrogens with one attached hydrogen (secondary N) is 1. The number of anilines is 2. The molecule has 2 unspecified atom stereocenters. The minimum atomic E-state index is -0.341. The molecule has 0 saturated heterocycles. The maximum absolute atomic E-state index is 11.4. The van der Waals surface area contributed by atoms with E-state index in [-0.39, 0.29) is 5.97 Å². The van der Waals surface area contributed by atoms with E-state index in [1.807, 2.05) is 0 Å². The molecule has 0 amide bonds. The van der Waals surface area contributed by atoms with Gasteiger partial charge < -0.3 is 15.8 Å². The van der Waals surface area contributed by atoms with Gasteiger partial charge in [-0.2, -0.15) is 0 Å². The number of hydrogen-bond donors (Lipinski definition) is 2. The van der Waals surface area contributed by atoms with Crippen LogP contribution in [0.3, 0.4) is 0 Å². The molecule has 0 aliphatic heterocycles. The van der Waals surface area contributed by atoms with Crippen LogP contribution in [0, 0.1) is 5.92 Å². The van der Waals surface area contributed by atoms with Crippen molar-refractivity contribution in [3.05, 3.63) is 23.8 Å². The topological polar surface area (TPSA) is 64.3 Å². The maximum atomic E-state index is 11.4. The van der Waals surface area contributed by atoms with Gasteiger partial charge in [0.15, 0.2) is 0 Å². The first-order chi connectivity index (χ1) is 7.61. The average molecular weight is 220 g/mol. The third-order valence-corrected chi connectivity index (χ3v) is 2.92. The summed E-state index contributed by atoms with van der Waals surface area (Å²) < 4.78 is 4.67. The number of carbonyl (C=O) groups excluding carboxylic acids is 1. The van der Waals surface area contributed by atoms with Gasteiger partial charge in [-0.3, -0.25) is 0 Å². The quantitative estimate of drug-likeness (QED) is 0.603. The summed E-state index contributed by atoms with van der Waals surface area (Å²) in [5, 5.41) is 3.32. The molecule has 2 atom stereocenters. The Morgan fingerprint density at radius 3 is 2.81 bits per heavy atom. The van der Waals surface area contributed by atoms with E-state index in [4.69, 9.17) is 5.73 Å². The molecule has 4 heteroatoms. The summed E-state index contributed by atoms with van der Waals surface area (Å²) in [6, 6.07) is 5.62. The largest absolute Gasteiger partial charge is 0.465 e. The molecule has 1 aliphatic carbocycles. The number of rotatable bonds is 3. The van der Waals surface area contributed by atoms with Crippen LogP contribution in [0.15, 0.2) is 18.2 Å². The van der Waals surface area contributed by atoms with Crippen molar-refractivity contribution in [3.63, 3.8) is 0 Å². The van der Waals surface area contributed by atoms with Gasteiger partial charge in [0.05, 0.1) is 24.0 Å². The summed E-state index contributed by atoms with van der Waals surface area (Å²) in [5.41, 5.74) is 7.83. The summed E-state index contributed by atoms with van der Waals surface area (Å²) in [6.07, 6.45) is 1.15. The van der Waals surface area contributed by atoms with Crippen LogP contribution in [-0.2, 0) is 4.74 Å². The molecule has 16 heavy (non-hydrogen) atoms. The monoisotopic (exact) mass is 220 g/mol. The van der Waals surface area contributed by atoms with Crippen LogP contribution >= 0.6 is 0 Å².